The molecule has 5 rings (SSSR count). The van der Waals surface area contributed by atoms with Gasteiger partial charge in [0.05, 0.1) is 17.4 Å². The molecule has 2 aliphatic heterocycles. The second kappa shape index (κ2) is 10.3. The number of nitrogens with one attached hydrogen (secondary N) is 2. The maximum atomic E-state index is 13.7. The van der Waals surface area contributed by atoms with Gasteiger partial charge in [-0.2, -0.15) is 10.2 Å². The molecule has 2 amide bonds. The van der Waals surface area contributed by atoms with Crippen LogP contribution >= 0.6 is 0 Å². The van der Waals surface area contributed by atoms with Crippen molar-refractivity contribution in [3.8, 4) is 11.4 Å². The van der Waals surface area contributed by atoms with E-state index >= 15 is 0 Å². The lowest BCUT2D eigenvalue weighted by Gasteiger charge is -2.47. The summed E-state index contributed by atoms with van der Waals surface area (Å²) in [5.41, 5.74) is 0.582. The zero-order valence-electron chi connectivity index (χ0n) is 20.2. The average molecular weight is 515 g/mol. The number of anilines is 1. The highest BCUT2D eigenvalue weighted by Gasteiger charge is 2.37. The fraction of sp³-hybridized carbons (Fsp3) is 0.458. The minimum atomic E-state index is -2.85. The molecule has 5 heterocycles. The predicted octanol–water partition coefficient (Wildman–Crippen LogP) is 2.09. The van der Waals surface area contributed by atoms with Crippen LogP contribution in [0.15, 0.2) is 36.7 Å². The number of amides is 2. The van der Waals surface area contributed by atoms with E-state index in [2.05, 4.69) is 30.5 Å². The van der Waals surface area contributed by atoms with E-state index in [9.17, 15) is 23.5 Å². The lowest BCUT2D eigenvalue weighted by molar-refractivity contribution is -0.141. The minimum Gasteiger partial charge on any atom is -0.384 e. The maximum absolute atomic E-state index is 13.7. The van der Waals surface area contributed by atoms with Crippen LogP contribution in [-0.4, -0.2) is 90.0 Å². The molecule has 2 saturated heterocycles. The number of aromatic nitrogens is 5. The van der Waals surface area contributed by atoms with E-state index in [-0.39, 0.29) is 29.4 Å². The summed E-state index contributed by atoms with van der Waals surface area (Å²) < 4.78 is 29.0. The monoisotopic (exact) mass is 514 g/mol. The summed E-state index contributed by atoms with van der Waals surface area (Å²) in [6.07, 6.45) is 0.807. The van der Waals surface area contributed by atoms with Gasteiger partial charge in [0.2, 0.25) is 0 Å². The Morgan fingerprint density at radius 1 is 1.14 bits per heavy atom. The molecule has 37 heavy (non-hydrogen) atoms. The number of hydrogen-bond donors (Lipinski definition) is 3. The van der Waals surface area contributed by atoms with Crippen molar-refractivity contribution in [3.63, 3.8) is 0 Å². The van der Waals surface area contributed by atoms with Gasteiger partial charge in [0.25, 0.3) is 18.2 Å². The number of piperidine rings is 1. The SMILES string of the molecule is C[C@@H](O)C(=O)N1CCC(N2CC(n3cc(NC(=O)c4cccc(-c5cc[nH]n5)n4)c(C(F)F)n3)C2)CC1. The smallest absolute Gasteiger partial charge is 0.284 e. The summed E-state index contributed by atoms with van der Waals surface area (Å²) in [5, 5.41) is 22.8. The molecule has 0 unspecified atom stereocenters. The summed E-state index contributed by atoms with van der Waals surface area (Å²) in [6.45, 7) is 3.91. The Kier molecular flexibility index (Phi) is 6.98. The lowest BCUT2D eigenvalue weighted by atomic mass is 9.97. The van der Waals surface area contributed by atoms with Gasteiger partial charge in [0.1, 0.15) is 17.5 Å². The van der Waals surface area contributed by atoms with Gasteiger partial charge in [-0.25, -0.2) is 13.8 Å². The summed E-state index contributed by atoms with van der Waals surface area (Å²) in [7, 11) is 0. The third-order valence-corrected chi connectivity index (χ3v) is 6.87. The molecular weight excluding hydrogens is 486 g/mol. The molecule has 2 aliphatic rings. The molecule has 0 spiro atoms. The lowest BCUT2D eigenvalue weighted by Crippen LogP contribution is -2.56. The minimum absolute atomic E-state index is 0.0460. The van der Waals surface area contributed by atoms with Crippen LogP contribution in [-0.2, 0) is 4.79 Å². The molecule has 11 nitrogen and oxygen atoms in total. The van der Waals surface area contributed by atoms with Crippen molar-refractivity contribution in [2.75, 3.05) is 31.5 Å². The van der Waals surface area contributed by atoms with Gasteiger partial charge in [-0.05, 0) is 38.0 Å². The number of aromatic amines is 1. The Morgan fingerprint density at radius 2 is 1.89 bits per heavy atom. The largest absolute Gasteiger partial charge is 0.384 e. The number of nitrogens with zero attached hydrogens (tertiary/aromatic N) is 6. The van der Waals surface area contributed by atoms with E-state index < -0.39 is 24.1 Å². The summed E-state index contributed by atoms with van der Waals surface area (Å²) in [4.78, 5) is 33.0. The van der Waals surface area contributed by atoms with E-state index in [1.54, 1.807) is 29.3 Å². The second-order valence-corrected chi connectivity index (χ2v) is 9.37. The number of carbonyl (C=O) groups is 2. The van der Waals surface area contributed by atoms with Gasteiger partial charge in [-0.3, -0.25) is 24.3 Å². The zero-order chi connectivity index (χ0) is 26.1. The summed E-state index contributed by atoms with van der Waals surface area (Å²) in [6, 6.07) is 6.75. The number of likely N-dealkylation sites (tertiary alicyclic amines) is 2. The average Bonchev–Trinajstić information content (AvgIpc) is 3.54. The fourth-order valence-corrected chi connectivity index (χ4v) is 4.81. The Balaban J connectivity index is 1.21. The van der Waals surface area contributed by atoms with E-state index in [1.165, 1.54) is 23.9 Å². The molecular formula is C24H28F2N8O3. The molecule has 196 valence electrons. The van der Waals surface area contributed by atoms with Crippen molar-refractivity contribution < 1.29 is 23.5 Å². The number of hydrogen-bond acceptors (Lipinski definition) is 7. The Labute approximate surface area is 211 Å². The molecule has 0 aliphatic carbocycles. The van der Waals surface area contributed by atoms with Crippen LogP contribution in [0, 0.1) is 0 Å². The van der Waals surface area contributed by atoms with Crippen molar-refractivity contribution in [2.45, 2.75) is 44.4 Å². The molecule has 0 radical (unpaired) electrons. The van der Waals surface area contributed by atoms with Crippen LogP contribution in [0.2, 0.25) is 0 Å². The molecule has 3 aromatic heterocycles. The number of aliphatic hydroxyl groups excluding tert-OH is 1. The number of alkyl halides is 2. The fourth-order valence-electron chi connectivity index (χ4n) is 4.81. The number of aliphatic hydroxyl groups is 1. The normalized spacial score (nSPS) is 18.1. The Hall–Kier alpha value is -3.71. The van der Waals surface area contributed by atoms with Crippen molar-refractivity contribution in [2.24, 2.45) is 0 Å². The Bertz CT molecular complexity index is 1250. The molecule has 3 aromatic rings. The number of carbonyl (C=O) groups excluding carboxylic acids is 2. The van der Waals surface area contributed by atoms with Gasteiger partial charge in [-0.1, -0.05) is 6.07 Å². The quantitative estimate of drug-likeness (QED) is 0.440. The second-order valence-electron chi connectivity index (χ2n) is 9.37. The van der Waals surface area contributed by atoms with E-state index in [4.69, 9.17) is 0 Å². The third-order valence-electron chi connectivity index (χ3n) is 6.87. The van der Waals surface area contributed by atoms with E-state index in [1.807, 2.05) is 0 Å². The highest BCUT2D eigenvalue weighted by atomic mass is 19.3. The Morgan fingerprint density at radius 3 is 2.54 bits per heavy atom. The van der Waals surface area contributed by atoms with Crippen LogP contribution in [0.3, 0.4) is 0 Å². The van der Waals surface area contributed by atoms with E-state index in [0.29, 0.717) is 37.6 Å². The van der Waals surface area contributed by atoms with Crippen LogP contribution in [0.25, 0.3) is 11.4 Å². The van der Waals surface area contributed by atoms with Crippen LogP contribution in [0.4, 0.5) is 14.5 Å². The number of halogens is 2. The third kappa shape index (κ3) is 5.23. The zero-order valence-corrected chi connectivity index (χ0v) is 20.2. The molecule has 13 heteroatoms. The van der Waals surface area contributed by atoms with Gasteiger partial charge < -0.3 is 15.3 Å². The summed E-state index contributed by atoms with van der Waals surface area (Å²) >= 11 is 0. The molecule has 1 atom stereocenters. The molecule has 3 N–H and O–H groups in total. The first kappa shape index (κ1) is 25.0. The van der Waals surface area contributed by atoms with Gasteiger partial charge >= 0.3 is 0 Å². The van der Waals surface area contributed by atoms with Crippen molar-refractivity contribution in [1.29, 1.82) is 0 Å². The van der Waals surface area contributed by atoms with Gasteiger partial charge in [0.15, 0.2) is 5.69 Å². The van der Waals surface area contributed by atoms with Crippen LogP contribution < -0.4 is 5.32 Å². The van der Waals surface area contributed by atoms with Gasteiger partial charge in [0, 0.05) is 44.6 Å². The topological polar surface area (TPSA) is 132 Å². The van der Waals surface area contributed by atoms with Crippen molar-refractivity contribution in [1.82, 2.24) is 34.8 Å². The molecule has 0 saturated carbocycles. The van der Waals surface area contributed by atoms with E-state index in [0.717, 1.165) is 12.8 Å². The number of H-pyrrole nitrogens is 1. The first-order valence-electron chi connectivity index (χ1n) is 12.2. The predicted molar refractivity (Wildman–Crippen MR) is 129 cm³/mol. The molecule has 0 aromatic carbocycles. The van der Waals surface area contributed by atoms with Crippen LogP contribution in [0.1, 0.15) is 48.4 Å². The maximum Gasteiger partial charge on any atom is 0.284 e. The number of pyridine rings is 1. The highest BCUT2D eigenvalue weighted by molar-refractivity contribution is 6.03. The first-order chi connectivity index (χ1) is 17.8. The van der Waals surface area contributed by atoms with Crippen molar-refractivity contribution >= 4 is 17.5 Å². The van der Waals surface area contributed by atoms with Gasteiger partial charge in [-0.15, -0.1) is 0 Å². The summed E-state index contributed by atoms with van der Waals surface area (Å²) in [5.74, 6) is -0.874. The van der Waals surface area contributed by atoms with Crippen molar-refractivity contribution in [3.05, 3.63) is 48.0 Å². The highest BCUT2D eigenvalue weighted by Crippen LogP contribution is 2.32. The first-order valence-corrected chi connectivity index (χ1v) is 12.2. The molecule has 2 fully saturated rings. The standard InChI is InChI=1S/C24H28F2N8O3/c1-14(35)24(37)32-9-6-15(7-10-32)33-11-16(12-33)34-13-20(21(31-34)22(25)26)29-23(36)19-4-2-3-17(28-19)18-5-8-27-30-18/h2-5,8,13-16,22,35H,6-7,9-12H2,1H3,(H,27,30)(H,29,36)/t14-/m1/s1. The van der Waals surface area contributed by atoms with Crippen LogP contribution in [0.5, 0.6) is 0 Å². The number of rotatable bonds is 7. The molecule has 0 bridgehead atoms.